The molecule has 65 heavy (non-hydrogen) atoms. The molecule has 0 saturated carbocycles. The van der Waals surface area contributed by atoms with Gasteiger partial charge in [-0.05, 0) is 72.2 Å². The van der Waals surface area contributed by atoms with Crippen LogP contribution in [0.2, 0.25) is 0 Å². The summed E-state index contributed by atoms with van der Waals surface area (Å²) in [5.74, 6) is 10.6. The van der Waals surface area contributed by atoms with Crippen LogP contribution in [-0.2, 0) is 33.2 Å². The number of ketones is 2. The molecule has 4 aliphatic rings. The Morgan fingerprint density at radius 2 is 1.94 bits per heavy atom. The average Bonchev–Trinajstić information content (AvgIpc) is 3.67. The number of thioether (sulfide) groups is 1. The van der Waals surface area contributed by atoms with Crippen LogP contribution >= 0.6 is 43.2 Å². The molecule has 2 aromatic heterocycles. The Hall–Kier alpha value is -4.00. The quantitative estimate of drug-likeness (QED) is 0.0522. The van der Waals surface area contributed by atoms with E-state index in [0.29, 0.717) is 34.1 Å². The maximum Gasteiger partial charge on any atom is 0.411 e. The third-order valence-electron chi connectivity index (χ3n) is 11.6. The van der Waals surface area contributed by atoms with Crippen LogP contribution in [0.4, 0.5) is 4.79 Å². The first-order valence-corrected chi connectivity index (χ1v) is 25.9. The van der Waals surface area contributed by atoms with Crippen molar-refractivity contribution in [3.63, 3.8) is 0 Å². The minimum atomic E-state index is -2.04. The number of pyridine rings is 1. The Morgan fingerprint density at radius 1 is 1.14 bits per heavy atom. The van der Waals surface area contributed by atoms with Gasteiger partial charge in [-0.3, -0.25) is 19.9 Å². The number of alkyl carbamates (subject to hydrolysis) is 1. The van der Waals surface area contributed by atoms with E-state index in [1.807, 2.05) is 13.2 Å². The van der Waals surface area contributed by atoms with Crippen molar-refractivity contribution in [3.8, 4) is 29.4 Å². The molecule has 3 aromatic rings. The highest BCUT2D eigenvalue weighted by molar-refractivity contribution is 9.09. The first-order valence-electron chi connectivity index (χ1n) is 20.6. The van der Waals surface area contributed by atoms with E-state index < -0.39 is 71.4 Å². The fourth-order valence-electron chi connectivity index (χ4n) is 8.60. The molecule has 20 heteroatoms. The lowest BCUT2D eigenvalue weighted by Gasteiger charge is -2.51. The summed E-state index contributed by atoms with van der Waals surface area (Å²) in [6.07, 6.45) is -0.241. The number of aromatic amines is 1. The molecule has 6 N–H and O–H groups in total. The Balaban J connectivity index is 1.35. The van der Waals surface area contributed by atoms with E-state index in [4.69, 9.17) is 28.4 Å². The van der Waals surface area contributed by atoms with Crippen LogP contribution in [0.1, 0.15) is 37.2 Å². The molecule has 2 fully saturated rings. The van der Waals surface area contributed by atoms with Gasteiger partial charge in [0.15, 0.2) is 24.0 Å². The van der Waals surface area contributed by atoms with Gasteiger partial charge >= 0.3 is 6.09 Å². The smallest absolute Gasteiger partial charge is 0.411 e. The van der Waals surface area contributed by atoms with Crippen molar-refractivity contribution in [2.24, 2.45) is 0 Å². The van der Waals surface area contributed by atoms with Crippen LogP contribution in [0.3, 0.4) is 0 Å². The maximum absolute atomic E-state index is 15.3. The number of amides is 1. The molecule has 2 bridgehead atoms. The van der Waals surface area contributed by atoms with Crippen molar-refractivity contribution in [2.45, 2.75) is 86.2 Å². The molecule has 2 saturated heterocycles. The number of aromatic nitrogens is 2. The molecule has 1 amide bonds. The number of aliphatic hydroxyl groups is 2. The van der Waals surface area contributed by atoms with Crippen molar-refractivity contribution in [3.05, 3.63) is 71.2 Å². The molecule has 16 nitrogen and oxygen atoms in total. The summed E-state index contributed by atoms with van der Waals surface area (Å²) in [6, 6.07) is 6.39. The van der Waals surface area contributed by atoms with Gasteiger partial charge in [-0.15, -0.1) is 11.8 Å². The van der Waals surface area contributed by atoms with E-state index in [0.717, 1.165) is 18.9 Å². The second kappa shape index (κ2) is 21.3. The summed E-state index contributed by atoms with van der Waals surface area (Å²) in [7, 11) is 7.23. The number of phenols is 1. The molecule has 0 unspecified atom stereocenters. The summed E-state index contributed by atoms with van der Waals surface area (Å²) >= 11 is 1.06. The van der Waals surface area contributed by atoms with Gasteiger partial charge in [0.25, 0.3) is 0 Å². The van der Waals surface area contributed by atoms with Gasteiger partial charge in [0.2, 0.25) is 5.78 Å². The Bertz CT molecular complexity index is 2530. The van der Waals surface area contributed by atoms with Crippen LogP contribution in [0.5, 0.6) is 5.75 Å². The maximum atomic E-state index is 15.3. The summed E-state index contributed by atoms with van der Waals surface area (Å²) in [4.78, 5) is 50.0. The lowest BCUT2D eigenvalue weighted by atomic mass is 9.75. The summed E-state index contributed by atoms with van der Waals surface area (Å²) < 4.78 is 35.4. The van der Waals surface area contributed by atoms with Gasteiger partial charge in [-0.1, -0.05) is 58.3 Å². The Morgan fingerprint density at radius 3 is 2.68 bits per heavy atom. The van der Waals surface area contributed by atoms with Gasteiger partial charge in [0.05, 0.1) is 49.6 Å². The monoisotopic (exact) mass is 966 g/mol. The van der Waals surface area contributed by atoms with Crippen LogP contribution in [0.25, 0.3) is 21.8 Å². The number of phenolic OH excluding ortho intramolecular Hbond substituents is 1. The van der Waals surface area contributed by atoms with E-state index in [1.54, 1.807) is 44.6 Å². The van der Waals surface area contributed by atoms with Gasteiger partial charge in [0.1, 0.15) is 34.5 Å². The van der Waals surface area contributed by atoms with Crippen molar-refractivity contribution < 1.29 is 58.1 Å². The highest BCUT2D eigenvalue weighted by Crippen LogP contribution is 2.47. The highest BCUT2D eigenvalue weighted by atomic mass is 33.5. The Kier molecular flexibility index (Phi) is 16.0. The van der Waals surface area contributed by atoms with E-state index in [9.17, 15) is 24.9 Å². The number of benzene rings is 1. The minimum absolute atomic E-state index is 0.00848. The minimum Gasteiger partial charge on any atom is -0.508 e. The fraction of sp³-hybridized carbons (Fsp3) is 0.467. The van der Waals surface area contributed by atoms with Crippen molar-refractivity contribution >= 4 is 82.6 Å². The lowest BCUT2D eigenvalue weighted by Crippen LogP contribution is -2.68. The lowest BCUT2D eigenvalue weighted by molar-refractivity contribution is -0.322. The molecular formula is C45H50N4O12S4. The zero-order valence-corrected chi connectivity index (χ0v) is 39.6. The number of hydrogen-bond donors (Lipinski definition) is 6. The zero-order chi connectivity index (χ0) is 46.5. The van der Waals surface area contributed by atoms with E-state index in [2.05, 4.69) is 44.3 Å². The number of carbonyl (C=O) groups is 3. The number of aromatic hydroxyl groups is 1. The number of nitrogens with zero attached hydrogens (tertiary/aromatic N) is 1. The van der Waals surface area contributed by atoms with Crippen molar-refractivity contribution in [1.29, 1.82) is 0 Å². The second-order valence-corrected chi connectivity index (χ2v) is 20.8. The number of hydrogen-bond acceptors (Lipinski definition) is 18. The number of H-pyrrole nitrogens is 1. The number of aliphatic hydroxyl groups excluding tert-OH is 1. The van der Waals surface area contributed by atoms with Gasteiger partial charge in [-0.25, -0.2) is 4.79 Å². The first-order chi connectivity index (χ1) is 31.3. The zero-order valence-electron chi connectivity index (χ0n) is 36.4. The number of carbonyl (C=O) groups excluding carboxylic acids is 3. The number of allylic oxidation sites excluding steroid dienone is 3. The molecule has 0 spiro atoms. The SMILES string of the molecule is CCN[C@H]1CO[C@@H](O[C@H]2[C@@H](O[C@H]3C#C/C=C\C#C[C@]4(O)CC(=O)C(NC(=O)OC)=C3/C4=C\CSSSC)O[C@H](C)[C@@](SC)(C(=O)c3nccc4c3[nH]c3ccc(O)cc34)[C@@H]2O)C[C@@H]1OC. The largest absolute Gasteiger partial charge is 0.508 e. The summed E-state index contributed by atoms with van der Waals surface area (Å²) in [6.45, 7) is 4.45. The first kappa shape index (κ1) is 48.9. The molecule has 7 rings (SSSR count). The van der Waals surface area contributed by atoms with Crippen molar-refractivity contribution in [1.82, 2.24) is 20.6 Å². The van der Waals surface area contributed by atoms with E-state index in [-0.39, 0.29) is 53.5 Å². The standard InChI is InChI=1S/C45H50N4O12S4/c1-7-46-30-23-58-34(21-33(30)56-3)61-39-41(53)45(62-5,40(52)38-36-26(15-18-47-38)27-20-25(50)13-14-29(27)48-36)24(2)59-42(39)60-32-12-10-8-9-11-17-44(55)22-31(51)37(49-43(54)57-4)35(32)28(44)16-19-64-65-63-6/h8-9,13-16,18,20,24,30,32-34,39,41-42,46,48,50,53,55H,7,19,21-23H2,1-6H3,(H,49,54)/b9-8-,28-16+/t24-,30+,32+,33+,34+,39-,41-,42-,44+,45-/m1/s1. The van der Waals surface area contributed by atoms with Gasteiger partial charge in [-0.2, -0.15) is 0 Å². The predicted octanol–water partition coefficient (Wildman–Crippen LogP) is 4.80. The summed E-state index contributed by atoms with van der Waals surface area (Å²) in [5.41, 5.74) is -1.06. The van der Waals surface area contributed by atoms with Gasteiger partial charge in [0, 0.05) is 52.9 Å². The number of ether oxygens (including phenoxy) is 6. The molecule has 4 heterocycles. The van der Waals surface area contributed by atoms with Crippen LogP contribution in [-0.4, -0.2) is 148 Å². The number of fused-ring (bicyclic) bond motifs is 5. The average molecular weight is 967 g/mol. The number of nitrogens with one attached hydrogen (secondary N) is 3. The topological polar surface area (TPSA) is 220 Å². The normalized spacial score (nSPS) is 31.2. The fourth-order valence-corrected chi connectivity index (χ4v) is 12.1. The van der Waals surface area contributed by atoms with Crippen LogP contribution in [0, 0.1) is 23.7 Å². The number of likely N-dealkylation sites (N-methyl/N-ethyl adjacent to an activating group) is 1. The molecule has 1 aromatic carbocycles. The molecule has 346 valence electrons. The number of Topliss-reactive ketones (excluding diaryl/α,β-unsaturated/α-hetero) is 2. The van der Waals surface area contributed by atoms with E-state index in [1.165, 1.54) is 55.8 Å². The van der Waals surface area contributed by atoms with Crippen molar-refractivity contribution in [2.75, 3.05) is 45.6 Å². The third kappa shape index (κ3) is 9.87. The highest BCUT2D eigenvalue weighted by Gasteiger charge is 2.61. The number of methoxy groups -OCH3 is 2. The molecule has 2 aliphatic heterocycles. The number of rotatable bonds is 15. The van der Waals surface area contributed by atoms with Gasteiger partial charge < -0.3 is 54.0 Å². The second-order valence-electron chi connectivity index (χ2n) is 15.3. The van der Waals surface area contributed by atoms with E-state index >= 15 is 4.79 Å². The molecule has 2 aliphatic carbocycles. The van der Waals surface area contributed by atoms with Crippen LogP contribution in [0.15, 0.2) is 65.5 Å². The summed E-state index contributed by atoms with van der Waals surface area (Å²) in [5, 5.41) is 42.6. The Labute approximate surface area is 391 Å². The molecular weight excluding hydrogens is 917 g/mol. The third-order valence-corrected chi connectivity index (χ3v) is 16.8. The molecule has 10 atom stereocenters. The molecule has 0 radical (unpaired) electrons. The van der Waals surface area contributed by atoms with Crippen LogP contribution < -0.4 is 10.6 Å². The predicted molar refractivity (Wildman–Crippen MR) is 252 cm³/mol.